The summed E-state index contributed by atoms with van der Waals surface area (Å²) in [6, 6.07) is 5.34. The van der Waals surface area contributed by atoms with E-state index in [1.807, 2.05) is 16.7 Å². The van der Waals surface area contributed by atoms with Crippen LogP contribution in [-0.2, 0) is 17.7 Å². The van der Waals surface area contributed by atoms with Gasteiger partial charge in [-0.3, -0.25) is 0 Å². The Balaban J connectivity index is 1.51. The first kappa shape index (κ1) is 16.5. The maximum Gasteiger partial charge on any atom is 0.165 e. The molecule has 1 aromatic carbocycles. The summed E-state index contributed by atoms with van der Waals surface area (Å²) in [6.45, 7) is 2.51. The molecule has 0 radical (unpaired) electrons. The Morgan fingerprint density at radius 3 is 2.96 bits per heavy atom. The molecule has 2 aromatic heterocycles. The Morgan fingerprint density at radius 1 is 1.15 bits per heavy atom. The number of fused-ring (bicyclic) bond motifs is 2. The quantitative estimate of drug-likeness (QED) is 0.707. The Kier molecular flexibility index (Phi) is 3.95. The zero-order chi connectivity index (χ0) is 18.4. The van der Waals surface area contributed by atoms with E-state index in [2.05, 4.69) is 19.9 Å². The number of rotatable bonds is 2. The van der Waals surface area contributed by atoms with Crippen LogP contribution in [0.3, 0.4) is 0 Å². The second-order valence-corrected chi connectivity index (χ2v) is 7.14. The molecule has 4 heterocycles. The molecule has 1 saturated heterocycles. The van der Waals surface area contributed by atoms with E-state index in [-0.39, 0.29) is 11.8 Å². The standard InChI is InChI=1S/C19H21N5O3/c25-14-2-1-12-3-5-23(8-13(12)7-14)18-17-19(21-10-20-18)24(11-22-17)15-9-27-6-4-16(15)26/h1-2,7,10-11,15-16,25-26H,3-6,8-9H2/t15-,16-/m1/s1. The fraction of sp³-hybridized carbons (Fsp3) is 0.421. The summed E-state index contributed by atoms with van der Waals surface area (Å²) < 4.78 is 7.43. The molecule has 5 rings (SSSR count). The molecule has 140 valence electrons. The van der Waals surface area contributed by atoms with Crippen LogP contribution in [0.1, 0.15) is 23.6 Å². The van der Waals surface area contributed by atoms with Gasteiger partial charge >= 0.3 is 0 Å². The third-order valence-corrected chi connectivity index (χ3v) is 5.49. The topological polar surface area (TPSA) is 96.5 Å². The molecule has 0 unspecified atom stereocenters. The van der Waals surface area contributed by atoms with Crippen LogP contribution >= 0.6 is 0 Å². The van der Waals surface area contributed by atoms with Gasteiger partial charge < -0.3 is 24.4 Å². The highest BCUT2D eigenvalue weighted by molar-refractivity contribution is 5.83. The summed E-state index contributed by atoms with van der Waals surface area (Å²) in [5, 5.41) is 20.1. The lowest BCUT2D eigenvalue weighted by molar-refractivity contribution is -0.0279. The number of aromatic nitrogens is 4. The van der Waals surface area contributed by atoms with Crippen LogP contribution in [-0.4, -0.2) is 55.6 Å². The number of ether oxygens (including phenoxy) is 1. The first-order valence-corrected chi connectivity index (χ1v) is 9.20. The fourth-order valence-electron chi connectivity index (χ4n) is 4.02. The summed E-state index contributed by atoms with van der Waals surface area (Å²) in [7, 11) is 0. The van der Waals surface area contributed by atoms with E-state index >= 15 is 0 Å². The van der Waals surface area contributed by atoms with Crippen molar-refractivity contribution in [2.75, 3.05) is 24.7 Å². The Hall–Kier alpha value is -2.71. The number of hydrogen-bond acceptors (Lipinski definition) is 7. The summed E-state index contributed by atoms with van der Waals surface area (Å²) in [5.74, 6) is 1.05. The van der Waals surface area contributed by atoms with Crippen molar-refractivity contribution >= 4 is 17.0 Å². The van der Waals surface area contributed by atoms with Gasteiger partial charge in [-0.25, -0.2) is 15.0 Å². The molecular formula is C19H21N5O3. The lowest BCUT2D eigenvalue weighted by Crippen LogP contribution is -2.34. The van der Waals surface area contributed by atoms with E-state index in [0.717, 1.165) is 29.9 Å². The highest BCUT2D eigenvalue weighted by atomic mass is 16.5. The maximum atomic E-state index is 10.3. The molecular weight excluding hydrogens is 346 g/mol. The number of aliphatic hydroxyl groups excluding tert-OH is 1. The molecule has 2 atom stereocenters. The Bertz CT molecular complexity index is 989. The predicted molar refractivity (Wildman–Crippen MR) is 98.7 cm³/mol. The number of aromatic hydroxyl groups is 1. The van der Waals surface area contributed by atoms with E-state index in [1.165, 1.54) is 5.56 Å². The van der Waals surface area contributed by atoms with Crippen LogP contribution in [0, 0.1) is 0 Å². The van der Waals surface area contributed by atoms with Crippen molar-refractivity contribution in [2.24, 2.45) is 0 Å². The number of imidazole rings is 1. The molecule has 2 aliphatic heterocycles. The molecule has 1 fully saturated rings. The van der Waals surface area contributed by atoms with Gasteiger partial charge in [-0.1, -0.05) is 6.07 Å². The minimum absolute atomic E-state index is 0.189. The molecule has 0 bridgehead atoms. The van der Waals surface area contributed by atoms with Crippen molar-refractivity contribution in [3.63, 3.8) is 0 Å². The van der Waals surface area contributed by atoms with E-state index in [9.17, 15) is 10.2 Å². The Morgan fingerprint density at radius 2 is 2.07 bits per heavy atom. The van der Waals surface area contributed by atoms with E-state index in [4.69, 9.17) is 4.74 Å². The van der Waals surface area contributed by atoms with Crippen molar-refractivity contribution in [3.8, 4) is 5.75 Å². The zero-order valence-corrected chi connectivity index (χ0v) is 14.8. The number of phenols is 1. The van der Waals surface area contributed by atoms with Gasteiger partial charge in [0.1, 0.15) is 12.1 Å². The van der Waals surface area contributed by atoms with Crippen molar-refractivity contribution in [2.45, 2.75) is 31.5 Å². The van der Waals surface area contributed by atoms with Gasteiger partial charge in [0.25, 0.3) is 0 Å². The van der Waals surface area contributed by atoms with Gasteiger partial charge in [-0.15, -0.1) is 0 Å². The van der Waals surface area contributed by atoms with Gasteiger partial charge in [-0.2, -0.15) is 0 Å². The second kappa shape index (κ2) is 6.47. The first-order valence-electron chi connectivity index (χ1n) is 9.20. The third-order valence-electron chi connectivity index (χ3n) is 5.49. The molecule has 8 heteroatoms. The van der Waals surface area contributed by atoms with Crippen molar-refractivity contribution in [1.82, 2.24) is 19.5 Å². The van der Waals surface area contributed by atoms with Gasteiger partial charge in [-0.05, 0) is 36.1 Å². The van der Waals surface area contributed by atoms with Crippen LogP contribution in [0.2, 0.25) is 0 Å². The molecule has 2 N–H and O–H groups in total. The monoisotopic (exact) mass is 367 g/mol. The number of aliphatic hydroxyl groups is 1. The van der Waals surface area contributed by atoms with Crippen LogP contribution in [0.15, 0.2) is 30.9 Å². The maximum absolute atomic E-state index is 10.3. The fourth-order valence-corrected chi connectivity index (χ4v) is 4.02. The second-order valence-electron chi connectivity index (χ2n) is 7.14. The third kappa shape index (κ3) is 2.81. The summed E-state index contributed by atoms with van der Waals surface area (Å²) in [6.07, 6.45) is 4.28. The van der Waals surface area contributed by atoms with Gasteiger partial charge in [0.15, 0.2) is 17.0 Å². The number of hydrogen-bond donors (Lipinski definition) is 2. The first-order chi connectivity index (χ1) is 13.2. The highest BCUT2D eigenvalue weighted by Gasteiger charge is 2.28. The minimum atomic E-state index is -0.473. The van der Waals surface area contributed by atoms with Crippen LogP contribution in [0.4, 0.5) is 5.82 Å². The van der Waals surface area contributed by atoms with Gasteiger partial charge in [0.05, 0.1) is 25.1 Å². The van der Waals surface area contributed by atoms with Crippen LogP contribution in [0.5, 0.6) is 5.75 Å². The van der Waals surface area contributed by atoms with Crippen molar-refractivity contribution in [1.29, 1.82) is 0 Å². The molecule has 0 spiro atoms. The highest BCUT2D eigenvalue weighted by Crippen LogP contribution is 2.31. The molecule has 8 nitrogen and oxygen atoms in total. The minimum Gasteiger partial charge on any atom is -0.508 e. The summed E-state index contributed by atoms with van der Waals surface area (Å²) in [4.78, 5) is 15.6. The lowest BCUT2D eigenvalue weighted by Gasteiger charge is -2.30. The number of benzene rings is 1. The van der Waals surface area contributed by atoms with Gasteiger partial charge in [0, 0.05) is 19.7 Å². The molecule has 3 aromatic rings. The lowest BCUT2D eigenvalue weighted by atomic mass is 9.99. The number of phenolic OH excluding ortho intramolecular Hbond substituents is 1. The van der Waals surface area contributed by atoms with Crippen molar-refractivity contribution in [3.05, 3.63) is 42.0 Å². The molecule has 2 aliphatic rings. The van der Waals surface area contributed by atoms with Crippen LogP contribution < -0.4 is 4.90 Å². The molecule has 27 heavy (non-hydrogen) atoms. The van der Waals surface area contributed by atoms with Crippen LogP contribution in [0.25, 0.3) is 11.2 Å². The molecule has 0 amide bonds. The zero-order valence-electron chi connectivity index (χ0n) is 14.8. The van der Waals surface area contributed by atoms with E-state index in [1.54, 1.807) is 18.7 Å². The molecule has 0 saturated carbocycles. The largest absolute Gasteiger partial charge is 0.508 e. The van der Waals surface area contributed by atoms with E-state index in [0.29, 0.717) is 31.8 Å². The summed E-state index contributed by atoms with van der Waals surface area (Å²) >= 11 is 0. The van der Waals surface area contributed by atoms with E-state index < -0.39 is 6.10 Å². The normalized spacial score (nSPS) is 22.8. The van der Waals surface area contributed by atoms with Crippen molar-refractivity contribution < 1.29 is 14.9 Å². The molecule has 0 aliphatic carbocycles. The smallest absolute Gasteiger partial charge is 0.165 e. The summed E-state index contributed by atoms with van der Waals surface area (Å²) in [5.41, 5.74) is 3.78. The average Bonchev–Trinajstić information content (AvgIpc) is 3.12. The average molecular weight is 367 g/mol. The predicted octanol–water partition coefficient (Wildman–Crippen LogP) is 1.42. The Labute approximate surface area is 156 Å². The number of anilines is 1. The SMILES string of the molecule is Oc1ccc2c(c1)CN(c1ncnc3c1ncn3[C@@H]1COCC[C@H]1O)CC2. The van der Waals surface area contributed by atoms with Gasteiger partial charge in [0.2, 0.25) is 0 Å². The number of nitrogens with zero attached hydrogens (tertiary/aromatic N) is 5.